The Morgan fingerprint density at radius 1 is 1.00 bits per heavy atom. The number of carbonyl (C=O) groups excluding carboxylic acids is 2. The van der Waals surface area contributed by atoms with E-state index in [0.717, 1.165) is 31.2 Å². The molecule has 176 valence electrons. The van der Waals surface area contributed by atoms with Crippen LogP contribution < -0.4 is 9.46 Å². The van der Waals surface area contributed by atoms with Crippen molar-refractivity contribution in [3.63, 3.8) is 0 Å². The molecule has 1 heterocycles. The van der Waals surface area contributed by atoms with Crippen molar-refractivity contribution in [3.8, 4) is 5.75 Å². The van der Waals surface area contributed by atoms with Crippen LogP contribution in [0.1, 0.15) is 56.6 Å². The van der Waals surface area contributed by atoms with Crippen LogP contribution in [0.5, 0.6) is 5.75 Å². The molecule has 2 fully saturated rings. The van der Waals surface area contributed by atoms with Gasteiger partial charge in [0, 0.05) is 5.69 Å². The Balaban J connectivity index is 1.58. The largest absolute Gasteiger partial charge is 0.495 e. The number of anilines is 1. The lowest BCUT2D eigenvalue weighted by molar-refractivity contribution is -0.140. The molecule has 8 heteroatoms. The molecule has 1 N–H and O–H groups in total. The van der Waals surface area contributed by atoms with E-state index in [4.69, 9.17) is 4.74 Å². The number of ether oxygens (including phenoxy) is 1. The summed E-state index contributed by atoms with van der Waals surface area (Å²) in [5.74, 6) is -0.224. The minimum absolute atomic E-state index is 0.0352. The lowest BCUT2D eigenvalue weighted by Crippen LogP contribution is -2.30. The number of nitrogens with one attached hydrogen (secondary N) is 1. The smallest absolute Gasteiger partial charge is 0.265 e. The summed E-state index contributed by atoms with van der Waals surface area (Å²) in [6.45, 7) is 4.20. The van der Waals surface area contributed by atoms with Gasteiger partial charge in [0.25, 0.3) is 10.0 Å². The van der Waals surface area contributed by atoms with E-state index in [9.17, 15) is 18.0 Å². The van der Waals surface area contributed by atoms with E-state index in [1.165, 1.54) is 18.1 Å². The summed E-state index contributed by atoms with van der Waals surface area (Å²) in [4.78, 5) is 26.9. The van der Waals surface area contributed by atoms with Gasteiger partial charge in [-0.15, -0.1) is 0 Å². The van der Waals surface area contributed by atoms with Gasteiger partial charge in [-0.05, 0) is 54.2 Å². The highest BCUT2D eigenvalue weighted by Gasteiger charge is 2.47. The molecule has 1 saturated heterocycles. The van der Waals surface area contributed by atoms with E-state index < -0.39 is 10.0 Å². The minimum atomic E-state index is -3.96. The third-order valence-electron chi connectivity index (χ3n) is 6.62. The summed E-state index contributed by atoms with van der Waals surface area (Å²) in [5, 5.41) is 0. The van der Waals surface area contributed by atoms with Crippen molar-refractivity contribution in [1.29, 1.82) is 0 Å². The van der Waals surface area contributed by atoms with Gasteiger partial charge in [0.15, 0.2) is 0 Å². The Kier molecular flexibility index (Phi) is 6.47. The van der Waals surface area contributed by atoms with Gasteiger partial charge < -0.3 is 4.74 Å². The van der Waals surface area contributed by atoms with Gasteiger partial charge in [-0.1, -0.05) is 44.9 Å². The molecule has 0 radical (unpaired) electrons. The summed E-state index contributed by atoms with van der Waals surface area (Å²) in [6.07, 6.45) is 3.41. The molecule has 1 saturated carbocycles. The minimum Gasteiger partial charge on any atom is -0.495 e. The highest BCUT2D eigenvalue weighted by atomic mass is 32.2. The molecular formula is C25H30N2O5S. The second-order valence-corrected chi connectivity index (χ2v) is 10.8. The fourth-order valence-electron chi connectivity index (χ4n) is 4.75. The Morgan fingerprint density at radius 3 is 2.15 bits per heavy atom. The van der Waals surface area contributed by atoms with Crippen molar-refractivity contribution < 1.29 is 22.7 Å². The van der Waals surface area contributed by atoms with Crippen LogP contribution in [-0.4, -0.2) is 32.2 Å². The van der Waals surface area contributed by atoms with Gasteiger partial charge in [-0.2, -0.15) is 0 Å². The molecule has 4 rings (SSSR count). The lowest BCUT2D eigenvalue weighted by atomic mass is 9.81. The van der Waals surface area contributed by atoms with Gasteiger partial charge in [0.2, 0.25) is 11.8 Å². The maximum atomic E-state index is 13.2. The fourth-order valence-corrected chi connectivity index (χ4v) is 6.02. The molecular weight excluding hydrogens is 440 g/mol. The van der Waals surface area contributed by atoms with E-state index in [1.54, 1.807) is 24.3 Å². The SMILES string of the molecule is COc1ccc(CN2C(=O)[C@@H]3CCCC[C@H]3C2=O)cc1S(=O)(=O)Nc1ccc(C(C)C)cc1. The summed E-state index contributed by atoms with van der Waals surface area (Å²) >= 11 is 0. The third-order valence-corrected chi connectivity index (χ3v) is 8.02. The number of carbonyl (C=O) groups is 2. The number of sulfonamides is 1. The predicted molar refractivity (Wildman–Crippen MR) is 125 cm³/mol. The topological polar surface area (TPSA) is 92.8 Å². The Morgan fingerprint density at radius 2 is 1.61 bits per heavy atom. The Labute approximate surface area is 195 Å². The molecule has 2 aromatic carbocycles. The van der Waals surface area contributed by atoms with E-state index in [-0.39, 0.29) is 40.8 Å². The summed E-state index contributed by atoms with van der Waals surface area (Å²) < 4.78 is 34.3. The van der Waals surface area contributed by atoms with Gasteiger partial charge in [0.1, 0.15) is 10.6 Å². The van der Waals surface area contributed by atoms with Crippen molar-refractivity contribution in [1.82, 2.24) is 4.90 Å². The standard InChI is InChI=1S/C25H30N2O5S/c1-16(2)18-9-11-19(12-10-18)26-33(30,31)23-14-17(8-13-22(23)32-3)15-27-24(28)20-6-4-5-7-21(20)25(27)29/h8-14,16,20-21,26H,4-7,15H2,1-3H3/t20-,21-/m1/s1. The van der Waals surface area contributed by atoms with Gasteiger partial charge in [0.05, 0.1) is 25.5 Å². The monoisotopic (exact) mass is 470 g/mol. The van der Waals surface area contributed by atoms with Gasteiger partial charge in [-0.25, -0.2) is 8.42 Å². The lowest BCUT2D eigenvalue weighted by Gasteiger charge is -2.19. The summed E-state index contributed by atoms with van der Waals surface area (Å²) in [6, 6.07) is 12.0. The average molecular weight is 471 g/mol. The van der Waals surface area contributed by atoms with Crippen LogP contribution >= 0.6 is 0 Å². The Bertz CT molecular complexity index is 1130. The molecule has 2 aromatic rings. The zero-order valence-corrected chi connectivity index (χ0v) is 20.0. The molecule has 0 aromatic heterocycles. The van der Waals surface area contributed by atoms with E-state index in [2.05, 4.69) is 18.6 Å². The fraction of sp³-hybridized carbons (Fsp3) is 0.440. The van der Waals surface area contributed by atoms with Crippen molar-refractivity contribution in [2.75, 3.05) is 11.8 Å². The number of imide groups is 1. The number of likely N-dealkylation sites (tertiary alicyclic amines) is 1. The van der Waals surface area contributed by atoms with Gasteiger partial charge in [-0.3, -0.25) is 19.2 Å². The number of methoxy groups -OCH3 is 1. The van der Waals surface area contributed by atoms with Gasteiger partial charge >= 0.3 is 0 Å². The molecule has 7 nitrogen and oxygen atoms in total. The van der Waals surface area contributed by atoms with Crippen LogP contribution in [0.4, 0.5) is 5.69 Å². The molecule has 1 aliphatic carbocycles. The molecule has 0 unspecified atom stereocenters. The number of amides is 2. The number of hydrogen-bond acceptors (Lipinski definition) is 5. The van der Waals surface area contributed by atoms with E-state index in [0.29, 0.717) is 17.2 Å². The molecule has 1 aliphatic heterocycles. The maximum Gasteiger partial charge on any atom is 0.265 e. The van der Waals surface area contributed by atoms with Crippen molar-refractivity contribution in [3.05, 3.63) is 53.6 Å². The molecule has 2 amide bonds. The van der Waals surface area contributed by atoms with Crippen LogP contribution in [-0.2, 0) is 26.2 Å². The second kappa shape index (κ2) is 9.17. The number of nitrogens with zero attached hydrogens (tertiary/aromatic N) is 1. The highest BCUT2D eigenvalue weighted by molar-refractivity contribution is 7.92. The zero-order valence-electron chi connectivity index (χ0n) is 19.2. The van der Waals surface area contributed by atoms with E-state index in [1.807, 2.05) is 12.1 Å². The normalized spacial score (nSPS) is 20.8. The Hall–Kier alpha value is -2.87. The quantitative estimate of drug-likeness (QED) is 0.609. The zero-order chi connectivity index (χ0) is 23.8. The molecule has 2 atom stereocenters. The molecule has 2 aliphatic rings. The van der Waals surface area contributed by atoms with Crippen molar-refractivity contribution in [2.24, 2.45) is 11.8 Å². The first-order valence-corrected chi connectivity index (χ1v) is 12.8. The predicted octanol–water partition coefficient (Wildman–Crippen LogP) is 4.29. The third kappa shape index (κ3) is 4.62. The highest BCUT2D eigenvalue weighted by Crippen LogP contribution is 2.39. The van der Waals surface area contributed by atoms with E-state index >= 15 is 0 Å². The summed E-state index contributed by atoms with van der Waals surface area (Å²) in [7, 11) is -2.55. The van der Waals surface area contributed by atoms with Crippen molar-refractivity contribution in [2.45, 2.75) is 56.9 Å². The first-order chi connectivity index (χ1) is 15.7. The van der Waals surface area contributed by atoms with Crippen LogP contribution in [0.25, 0.3) is 0 Å². The number of rotatable bonds is 7. The number of hydrogen-bond donors (Lipinski definition) is 1. The molecule has 33 heavy (non-hydrogen) atoms. The van der Waals surface area contributed by atoms with Crippen molar-refractivity contribution >= 4 is 27.5 Å². The number of benzene rings is 2. The first-order valence-electron chi connectivity index (χ1n) is 11.4. The first kappa shape index (κ1) is 23.3. The second-order valence-electron chi connectivity index (χ2n) is 9.13. The molecule has 0 spiro atoms. The average Bonchev–Trinajstić information content (AvgIpc) is 3.04. The van der Waals surface area contributed by atoms with Crippen LogP contribution in [0, 0.1) is 11.8 Å². The van der Waals surface area contributed by atoms with Crippen LogP contribution in [0.3, 0.4) is 0 Å². The maximum absolute atomic E-state index is 13.2. The van der Waals surface area contributed by atoms with Crippen LogP contribution in [0.15, 0.2) is 47.4 Å². The summed E-state index contributed by atoms with van der Waals surface area (Å²) in [5.41, 5.74) is 2.12. The van der Waals surface area contributed by atoms with Crippen LogP contribution in [0.2, 0.25) is 0 Å². The number of fused-ring (bicyclic) bond motifs is 1. The molecule has 0 bridgehead atoms.